The quantitative estimate of drug-likeness (QED) is 0.792. The summed E-state index contributed by atoms with van der Waals surface area (Å²) in [6, 6.07) is 1.59. The van der Waals surface area contributed by atoms with Crippen LogP contribution in [-0.4, -0.2) is 42.2 Å². The fourth-order valence-corrected chi connectivity index (χ4v) is 2.66. The van der Waals surface area contributed by atoms with E-state index in [0.717, 1.165) is 13.0 Å². The molecule has 0 saturated carbocycles. The standard InChI is InChI=1S/C12H17NO3S/c14-12(15)11-8-10(9-17-11)16-7-3-6-13-4-1-2-5-13/h8-9H,1-7H2,(H,14,15). The summed E-state index contributed by atoms with van der Waals surface area (Å²) in [5, 5.41) is 10.5. The van der Waals surface area contributed by atoms with Crippen molar-refractivity contribution in [3.05, 3.63) is 16.3 Å². The fourth-order valence-electron chi connectivity index (χ4n) is 1.99. The molecule has 2 rings (SSSR count). The van der Waals surface area contributed by atoms with Gasteiger partial charge in [-0.15, -0.1) is 11.3 Å². The summed E-state index contributed by atoms with van der Waals surface area (Å²) in [5.74, 6) is -0.212. The third kappa shape index (κ3) is 3.71. The lowest BCUT2D eigenvalue weighted by atomic mass is 10.4. The summed E-state index contributed by atoms with van der Waals surface area (Å²) < 4.78 is 5.52. The van der Waals surface area contributed by atoms with Crippen LogP contribution < -0.4 is 4.74 Å². The van der Waals surface area contributed by atoms with Gasteiger partial charge in [-0.25, -0.2) is 4.79 Å². The van der Waals surface area contributed by atoms with Gasteiger partial charge in [-0.3, -0.25) is 0 Å². The van der Waals surface area contributed by atoms with E-state index in [0.29, 0.717) is 17.2 Å². The Morgan fingerprint density at radius 3 is 2.88 bits per heavy atom. The summed E-state index contributed by atoms with van der Waals surface area (Å²) in [6.07, 6.45) is 3.62. The molecule has 1 fully saturated rings. The third-order valence-corrected chi connectivity index (χ3v) is 3.77. The van der Waals surface area contributed by atoms with Crippen molar-refractivity contribution in [3.63, 3.8) is 0 Å². The molecule has 0 amide bonds. The van der Waals surface area contributed by atoms with Crippen LogP contribution in [0.25, 0.3) is 0 Å². The van der Waals surface area contributed by atoms with Gasteiger partial charge in [-0.1, -0.05) is 0 Å². The normalized spacial score (nSPS) is 16.2. The van der Waals surface area contributed by atoms with Crippen molar-refractivity contribution in [3.8, 4) is 5.75 Å². The smallest absolute Gasteiger partial charge is 0.346 e. The van der Waals surface area contributed by atoms with Crippen LogP contribution in [0.1, 0.15) is 28.9 Å². The molecule has 0 radical (unpaired) electrons. The number of aromatic carboxylic acids is 1. The highest BCUT2D eigenvalue weighted by molar-refractivity contribution is 7.12. The van der Waals surface area contributed by atoms with E-state index >= 15 is 0 Å². The molecule has 0 bridgehead atoms. The number of ether oxygens (including phenoxy) is 1. The van der Waals surface area contributed by atoms with E-state index in [9.17, 15) is 4.79 Å². The topological polar surface area (TPSA) is 49.8 Å². The van der Waals surface area contributed by atoms with Crippen LogP contribution in [0, 0.1) is 0 Å². The number of carbonyl (C=O) groups is 1. The molecule has 1 N–H and O–H groups in total. The highest BCUT2D eigenvalue weighted by Crippen LogP contribution is 2.21. The summed E-state index contributed by atoms with van der Waals surface area (Å²) in [4.78, 5) is 13.4. The van der Waals surface area contributed by atoms with Crippen LogP contribution >= 0.6 is 11.3 Å². The van der Waals surface area contributed by atoms with E-state index < -0.39 is 5.97 Å². The summed E-state index contributed by atoms with van der Waals surface area (Å²) in [7, 11) is 0. The lowest BCUT2D eigenvalue weighted by Gasteiger charge is -2.13. The van der Waals surface area contributed by atoms with Gasteiger partial charge in [0, 0.05) is 18.0 Å². The Hall–Kier alpha value is -1.07. The highest BCUT2D eigenvalue weighted by Gasteiger charge is 2.11. The zero-order chi connectivity index (χ0) is 12.1. The van der Waals surface area contributed by atoms with Crippen LogP contribution in [0.3, 0.4) is 0 Å². The number of rotatable bonds is 6. The van der Waals surface area contributed by atoms with Crippen LogP contribution in [0.5, 0.6) is 5.75 Å². The maximum atomic E-state index is 10.7. The SMILES string of the molecule is O=C(O)c1cc(OCCCN2CCCC2)cs1. The van der Waals surface area contributed by atoms with Gasteiger partial charge in [0.2, 0.25) is 0 Å². The van der Waals surface area contributed by atoms with Gasteiger partial charge in [0.25, 0.3) is 0 Å². The lowest BCUT2D eigenvalue weighted by Crippen LogP contribution is -2.21. The van der Waals surface area contributed by atoms with E-state index in [4.69, 9.17) is 9.84 Å². The zero-order valence-corrected chi connectivity index (χ0v) is 10.5. The number of carboxylic acids is 1. The van der Waals surface area contributed by atoms with Crippen molar-refractivity contribution in [2.75, 3.05) is 26.2 Å². The first-order valence-electron chi connectivity index (χ1n) is 5.93. The molecular weight excluding hydrogens is 238 g/mol. The molecule has 1 aliphatic rings. The minimum Gasteiger partial charge on any atom is -0.493 e. The second kappa shape index (κ2) is 6.02. The summed E-state index contributed by atoms with van der Waals surface area (Å²) in [5.41, 5.74) is 0. The Balaban J connectivity index is 1.65. The first kappa shape index (κ1) is 12.4. The Morgan fingerprint density at radius 2 is 2.24 bits per heavy atom. The van der Waals surface area contributed by atoms with Gasteiger partial charge >= 0.3 is 5.97 Å². The van der Waals surface area contributed by atoms with Crippen LogP contribution in [-0.2, 0) is 0 Å². The van der Waals surface area contributed by atoms with Crippen LogP contribution in [0.15, 0.2) is 11.4 Å². The van der Waals surface area contributed by atoms with Crippen molar-refractivity contribution in [1.29, 1.82) is 0 Å². The Labute approximate surface area is 105 Å². The van der Waals surface area contributed by atoms with Crippen molar-refractivity contribution >= 4 is 17.3 Å². The Morgan fingerprint density at radius 1 is 1.47 bits per heavy atom. The number of likely N-dealkylation sites (tertiary alicyclic amines) is 1. The summed E-state index contributed by atoms with van der Waals surface area (Å²) in [6.45, 7) is 4.16. The maximum Gasteiger partial charge on any atom is 0.346 e. The first-order valence-corrected chi connectivity index (χ1v) is 6.80. The monoisotopic (exact) mass is 255 g/mol. The molecule has 1 aromatic rings. The zero-order valence-electron chi connectivity index (χ0n) is 9.72. The lowest BCUT2D eigenvalue weighted by molar-refractivity contribution is 0.0702. The Kier molecular flexibility index (Phi) is 4.39. The van der Waals surface area contributed by atoms with E-state index in [1.54, 1.807) is 11.4 Å². The van der Waals surface area contributed by atoms with Crippen LogP contribution in [0.2, 0.25) is 0 Å². The van der Waals surface area contributed by atoms with E-state index in [1.807, 2.05) is 0 Å². The largest absolute Gasteiger partial charge is 0.493 e. The second-order valence-electron chi connectivity index (χ2n) is 4.20. The summed E-state index contributed by atoms with van der Waals surface area (Å²) >= 11 is 1.21. The van der Waals surface area contributed by atoms with Gasteiger partial charge < -0.3 is 14.7 Å². The third-order valence-electron chi connectivity index (χ3n) is 2.87. The van der Waals surface area contributed by atoms with Gasteiger partial charge in [0.15, 0.2) is 0 Å². The van der Waals surface area contributed by atoms with E-state index in [1.165, 1.54) is 37.3 Å². The minimum atomic E-state index is -0.887. The molecule has 1 aliphatic heterocycles. The molecule has 1 aromatic heterocycles. The molecular formula is C12H17NO3S. The number of carboxylic acid groups (broad SMARTS) is 1. The molecule has 2 heterocycles. The van der Waals surface area contributed by atoms with Crippen molar-refractivity contribution in [2.24, 2.45) is 0 Å². The molecule has 0 aliphatic carbocycles. The number of hydrogen-bond acceptors (Lipinski definition) is 4. The molecule has 0 unspecified atom stereocenters. The van der Waals surface area contributed by atoms with Gasteiger partial charge in [-0.2, -0.15) is 0 Å². The minimum absolute atomic E-state index is 0.333. The number of thiophene rings is 1. The molecule has 4 nitrogen and oxygen atoms in total. The predicted octanol–water partition coefficient (Wildman–Crippen LogP) is 2.31. The molecule has 0 spiro atoms. The van der Waals surface area contributed by atoms with Crippen molar-refractivity contribution in [2.45, 2.75) is 19.3 Å². The molecule has 17 heavy (non-hydrogen) atoms. The second-order valence-corrected chi connectivity index (χ2v) is 5.11. The molecule has 1 saturated heterocycles. The maximum absolute atomic E-state index is 10.7. The van der Waals surface area contributed by atoms with Gasteiger partial charge in [-0.05, 0) is 32.4 Å². The highest BCUT2D eigenvalue weighted by atomic mass is 32.1. The molecule has 0 atom stereocenters. The van der Waals surface area contributed by atoms with E-state index in [2.05, 4.69) is 4.90 Å². The molecule has 0 aromatic carbocycles. The molecule has 94 valence electrons. The van der Waals surface area contributed by atoms with Crippen LogP contribution in [0.4, 0.5) is 0 Å². The first-order chi connectivity index (χ1) is 8.25. The number of nitrogens with zero attached hydrogens (tertiary/aromatic N) is 1. The average molecular weight is 255 g/mol. The number of hydrogen-bond donors (Lipinski definition) is 1. The predicted molar refractivity (Wildman–Crippen MR) is 67.1 cm³/mol. The van der Waals surface area contributed by atoms with E-state index in [-0.39, 0.29) is 0 Å². The van der Waals surface area contributed by atoms with Gasteiger partial charge in [0.1, 0.15) is 10.6 Å². The van der Waals surface area contributed by atoms with Crippen molar-refractivity contribution < 1.29 is 14.6 Å². The Bertz CT molecular complexity index is 372. The fraction of sp³-hybridized carbons (Fsp3) is 0.583. The molecule has 5 heteroatoms. The van der Waals surface area contributed by atoms with Gasteiger partial charge in [0.05, 0.1) is 6.61 Å². The average Bonchev–Trinajstić information content (AvgIpc) is 2.96. The van der Waals surface area contributed by atoms with Crippen molar-refractivity contribution in [1.82, 2.24) is 4.90 Å².